The second kappa shape index (κ2) is 8.87. The van der Waals surface area contributed by atoms with Crippen LogP contribution in [-0.4, -0.2) is 51.5 Å². The Morgan fingerprint density at radius 2 is 1.83 bits per heavy atom. The summed E-state index contributed by atoms with van der Waals surface area (Å²) in [5, 5.41) is 2.82. The highest BCUT2D eigenvalue weighted by atomic mass is 32.2. The third-order valence-electron chi connectivity index (χ3n) is 2.06. The van der Waals surface area contributed by atoms with Crippen LogP contribution in [0.5, 0.6) is 0 Å². The molecule has 0 radical (unpaired) electrons. The molecule has 0 atom stereocenters. The molecule has 0 bridgehead atoms. The van der Waals surface area contributed by atoms with E-state index in [4.69, 9.17) is 10.5 Å². The highest BCUT2D eigenvalue weighted by molar-refractivity contribution is 7.91. The number of sulfone groups is 1. The van der Waals surface area contributed by atoms with Crippen LogP contribution >= 0.6 is 0 Å². The molecule has 0 unspecified atom stereocenters. The topological polar surface area (TPSA) is 116 Å². The Labute approximate surface area is 107 Å². The van der Waals surface area contributed by atoms with Gasteiger partial charge in [0, 0.05) is 19.5 Å². The Bertz CT molecular complexity index is 366. The fraction of sp³-hybridized carbons (Fsp3) is 0.800. The maximum atomic E-state index is 11.4. The Morgan fingerprint density at radius 1 is 1.17 bits per heavy atom. The summed E-state index contributed by atoms with van der Waals surface area (Å²) < 4.78 is 27.5. The van der Waals surface area contributed by atoms with Crippen LogP contribution in [0.4, 0.5) is 0 Å². The molecule has 7 nitrogen and oxygen atoms in total. The molecule has 1 amide bonds. The number of ether oxygens (including phenoxy) is 1. The van der Waals surface area contributed by atoms with Crippen LogP contribution in [0.2, 0.25) is 0 Å². The summed E-state index contributed by atoms with van der Waals surface area (Å²) in [5.74, 6) is -1.26. The van der Waals surface area contributed by atoms with Crippen molar-refractivity contribution in [2.45, 2.75) is 19.8 Å². The first-order valence-electron chi connectivity index (χ1n) is 5.72. The smallest absolute Gasteiger partial charge is 0.307 e. The maximum Gasteiger partial charge on any atom is 0.307 e. The van der Waals surface area contributed by atoms with Gasteiger partial charge in [-0.05, 0) is 6.92 Å². The molecule has 0 heterocycles. The lowest BCUT2D eigenvalue weighted by atomic mass is 10.4. The maximum absolute atomic E-state index is 11.4. The second-order valence-electron chi connectivity index (χ2n) is 3.67. The van der Waals surface area contributed by atoms with Crippen molar-refractivity contribution in [3.8, 4) is 0 Å². The fourth-order valence-electron chi connectivity index (χ4n) is 1.13. The number of hydrogen-bond donors (Lipinski definition) is 2. The van der Waals surface area contributed by atoms with Crippen LogP contribution in [0.1, 0.15) is 19.8 Å². The molecule has 0 aliphatic heterocycles. The van der Waals surface area contributed by atoms with Crippen molar-refractivity contribution < 1.29 is 22.7 Å². The molecule has 8 heteroatoms. The van der Waals surface area contributed by atoms with Crippen molar-refractivity contribution in [3.63, 3.8) is 0 Å². The van der Waals surface area contributed by atoms with Crippen LogP contribution in [0, 0.1) is 0 Å². The quantitative estimate of drug-likeness (QED) is 0.384. The van der Waals surface area contributed by atoms with Crippen LogP contribution in [-0.2, 0) is 24.2 Å². The van der Waals surface area contributed by atoms with E-state index in [1.54, 1.807) is 6.92 Å². The summed E-state index contributed by atoms with van der Waals surface area (Å²) in [6.07, 6.45) is 0.0420. The minimum Gasteiger partial charge on any atom is -0.466 e. The Kier molecular flexibility index (Phi) is 8.30. The number of nitrogens with two attached hydrogens (primary N) is 1. The van der Waals surface area contributed by atoms with Crippen molar-refractivity contribution in [3.05, 3.63) is 0 Å². The second-order valence-corrected chi connectivity index (χ2v) is 5.98. The van der Waals surface area contributed by atoms with Gasteiger partial charge in [-0.25, -0.2) is 8.42 Å². The Morgan fingerprint density at radius 3 is 2.39 bits per heavy atom. The summed E-state index contributed by atoms with van der Waals surface area (Å²) in [5.41, 5.74) is 4.87. The predicted octanol–water partition coefficient (Wildman–Crippen LogP) is -1.18. The molecule has 18 heavy (non-hydrogen) atoms. The van der Waals surface area contributed by atoms with Crippen molar-refractivity contribution >= 4 is 21.7 Å². The molecular formula is C10H20N2O5S. The van der Waals surface area contributed by atoms with Crippen molar-refractivity contribution in [1.29, 1.82) is 0 Å². The van der Waals surface area contributed by atoms with Gasteiger partial charge in [-0.3, -0.25) is 9.59 Å². The van der Waals surface area contributed by atoms with Gasteiger partial charge in [0.05, 0.1) is 24.5 Å². The lowest BCUT2D eigenvalue weighted by Crippen LogP contribution is -2.28. The molecule has 0 aliphatic carbocycles. The normalized spacial score (nSPS) is 11.2. The largest absolute Gasteiger partial charge is 0.466 e. The zero-order valence-corrected chi connectivity index (χ0v) is 11.3. The number of amides is 1. The van der Waals surface area contributed by atoms with E-state index in [2.05, 4.69) is 5.32 Å². The first-order valence-corrected chi connectivity index (χ1v) is 7.54. The first kappa shape index (κ1) is 16.9. The van der Waals surface area contributed by atoms with Gasteiger partial charge in [-0.2, -0.15) is 0 Å². The zero-order chi connectivity index (χ0) is 14.0. The van der Waals surface area contributed by atoms with E-state index >= 15 is 0 Å². The van der Waals surface area contributed by atoms with Gasteiger partial charge in [0.2, 0.25) is 5.91 Å². The van der Waals surface area contributed by atoms with Gasteiger partial charge in [-0.15, -0.1) is 0 Å². The van der Waals surface area contributed by atoms with Crippen molar-refractivity contribution in [2.24, 2.45) is 5.73 Å². The highest BCUT2D eigenvalue weighted by Crippen LogP contribution is 1.93. The minimum atomic E-state index is -3.27. The van der Waals surface area contributed by atoms with E-state index in [9.17, 15) is 18.0 Å². The third kappa shape index (κ3) is 10.0. The molecule has 0 saturated carbocycles. The van der Waals surface area contributed by atoms with E-state index in [1.165, 1.54) is 0 Å². The van der Waals surface area contributed by atoms with Crippen LogP contribution in [0.25, 0.3) is 0 Å². The number of nitrogens with one attached hydrogen (secondary N) is 1. The SMILES string of the molecule is CCOC(=O)CCNCCS(=O)(=O)CCC(N)=O. The van der Waals surface area contributed by atoms with Crippen LogP contribution in [0.15, 0.2) is 0 Å². The molecule has 0 aromatic carbocycles. The van der Waals surface area contributed by atoms with Crippen LogP contribution in [0.3, 0.4) is 0 Å². The van der Waals surface area contributed by atoms with E-state index < -0.39 is 15.7 Å². The molecule has 0 rings (SSSR count). The number of hydrogen-bond acceptors (Lipinski definition) is 6. The van der Waals surface area contributed by atoms with Gasteiger partial charge in [0.1, 0.15) is 0 Å². The fourth-order valence-corrected chi connectivity index (χ4v) is 2.31. The van der Waals surface area contributed by atoms with Crippen molar-refractivity contribution in [2.75, 3.05) is 31.2 Å². The molecule has 0 aliphatic rings. The molecule has 3 N–H and O–H groups in total. The molecule has 0 saturated heterocycles. The molecular weight excluding hydrogens is 260 g/mol. The summed E-state index contributed by atoms with van der Waals surface area (Å²) in [6.45, 7) is 2.65. The molecule has 0 fully saturated rings. The van der Waals surface area contributed by atoms with Gasteiger partial charge in [0.25, 0.3) is 0 Å². The third-order valence-corrected chi connectivity index (χ3v) is 3.71. The van der Waals surface area contributed by atoms with Gasteiger partial charge < -0.3 is 15.8 Å². The highest BCUT2D eigenvalue weighted by Gasteiger charge is 2.11. The summed E-state index contributed by atoms with van der Waals surface area (Å²) >= 11 is 0. The lowest BCUT2D eigenvalue weighted by molar-refractivity contribution is -0.143. The zero-order valence-electron chi connectivity index (χ0n) is 10.5. The number of primary amides is 1. The Hall–Kier alpha value is -1.15. The van der Waals surface area contributed by atoms with E-state index in [0.717, 1.165) is 0 Å². The summed E-state index contributed by atoms with van der Waals surface area (Å²) in [7, 11) is -3.27. The molecule has 0 aromatic heterocycles. The molecule has 106 valence electrons. The van der Waals surface area contributed by atoms with Gasteiger partial charge >= 0.3 is 5.97 Å². The summed E-state index contributed by atoms with van der Waals surface area (Å²) in [4.78, 5) is 21.4. The first-order chi connectivity index (χ1) is 8.37. The standard InChI is InChI=1S/C10H20N2O5S/c1-2-17-10(14)3-5-12-6-8-18(15,16)7-4-9(11)13/h12H,2-8H2,1H3,(H2,11,13). The number of esters is 1. The van der Waals surface area contributed by atoms with Gasteiger partial charge in [0.15, 0.2) is 9.84 Å². The average Bonchev–Trinajstić information content (AvgIpc) is 2.26. The average molecular weight is 280 g/mol. The van der Waals surface area contributed by atoms with Crippen LogP contribution < -0.4 is 11.1 Å². The minimum absolute atomic E-state index is 0.0803. The number of carbonyl (C=O) groups excluding carboxylic acids is 2. The van der Waals surface area contributed by atoms with E-state index in [0.29, 0.717) is 13.2 Å². The van der Waals surface area contributed by atoms with Gasteiger partial charge in [-0.1, -0.05) is 0 Å². The number of rotatable bonds is 10. The summed E-state index contributed by atoms with van der Waals surface area (Å²) in [6, 6.07) is 0. The van der Waals surface area contributed by atoms with Crippen molar-refractivity contribution in [1.82, 2.24) is 5.32 Å². The lowest BCUT2D eigenvalue weighted by Gasteiger charge is -2.05. The number of carbonyl (C=O) groups is 2. The Balaban J connectivity index is 3.65. The molecule has 0 spiro atoms. The van der Waals surface area contributed by atoms with E-state index in [-0.39, 0.29) is 36.9 Å². The predicted molar refractivity (Wildman–Crippen MR) is 66.6 cm³/mol. The monoisotopic (exact) mass is 280 g/mol. The molecule has 0 aromatic rings. The van der Waals surface area contributed by atoms with E-state index in [1.807, 2.05) is 0 Å².